The van der Waals surface area contributed by atoms with Crippen molar-refractivity contribution >= 4 is 23.2 Å². The molecule has 4 aromatic rings. The molecule has 0 N–H and O–H groups in total. The van der Waals surface area contributed by atoms with Crippen molar-refractivity contribution in [3.63, 3.8) is 0 Å². The zero-order valence-electron chi connectivity index (χ0n) is 15.8. The van der Waals surface area contributed by atoms with Gasteiger partial charge in [0.1, 0.15) is 5.82 Å². The normalized spacial score (nSPS) is 11.1. The highest BCUT2D eigenvalue weighted by Gasteiger charge is 2.14. The number of carbonyl (C=O) groups is 1. The molecule has 0 aliphatic heterocycles. The van der Waals surface area contributed by atoms with E-state index in [-0.39, 0.29) is 22.7 Å². The standard InChI is InChI=1S/C21H17FN4O2S/c1-13-9-14(2)11-17(10-13)25-7-8-26-19(20(25)28)23-24-21(26)29-12-18(27)15-3-5-16(22)6-4-15/h3-11H,12H2,1-2H3. The first-order valence-corrected chi connectivity index (χ1v) is 9.87. The SMILES string of the molecule is Cc1cc(C)cc(-n2ccn3c(SCC(=O)c4ccc(F)cc4)nnc3c2=O)c1. The molecular formula is C21H17FN4O2S. The number of hydrogen-bond donors (Lipinski definition) is 0. The maximum atomic E-state index is 13.0. The Morgan fingerprint density at radius 3 is 2.41 bits per heavy atom. The minimum absolute atomic E-state index is 0.104. The Morgan fingerprint density at radius 1 is 1.03 bits per heavy atom. The summed E-state index contributed by atoms with van der Waals surface area (Å²) in [5, 5.41) is 8.51. The molecule has 6 nitrogen and oxygen atoms in total. The highest BCUT2D eigenvalue weighted by atomic mass is 32.2. The van der Waals surface area contributed by atoms with Crippen molar-refractivity contribution in [3.05, 3.63) is 87.7 Å². The summed E-state index contributed by atoms with van der Waals surface area (Å²) in [6.07, 6.45) is 3.37. The van der Waals surface area contributed by atoms with Crippen LogP contribution < -0.4 is 5.56 Å². The Morgan fingerprint density at radius 2 is 1.72 bits per heavy atom. The lowest BCUT2D eigenvalue weighted by Crippen LogP contribution is -2.20. The monoisotopic (exact) mass is 408 g/mol. The largest absolute Gasteiger partial charge is 0.300 e. The fourth-order valence-electron chi connectivity index (χ4n) is 3.11. The van der Waals surface area contributed by atoms with E-state index in [4.69, 9.17) is 0 Å². The molecule has 2 aromatic heterocycles. The fourth-order valence-corrected chi connectivity index (χ4v) is 3.92. The van der Waals surface area contributed by atoms with Crippen LogP contribution in [-0.2, 0) is 0 Å². The van der Waals surface area contributed by atoms with Crippen LogP contribution >= 0.6 is 11.8 Å². The third kappa shape index (κ3) is 3.84. The minimum Gasteiger partial charge on any atom is -0.293 e. The Balaban J connectivity index is 1.61. The number of carbonyl (C=O) groups excluding carboxylic acids is 1. The van der Waals surface area contributed by atoms with Crippen LogP contribution in [-0.4, -0.2) is 30.7 Å². The van der Waals surface area contributed by atoms with Gasteiger partial charge in [0.15, 0.2) is 10.9 Å². The van der Waals surface area contributed by atoms with Gasteiger partial charge < -0.3 is 0 Å². The summed E-state index contributed by atoms with van der Waals surface area (Å²) in [6, 6.07) is 11.3. The Hall–Kier alpha value is -3.26. The first-order valence-electron chi connectivity index (χ1n) is 8.89. The molecule has 0 spiro atoms. The van der Waals surface area contributed by atoms with E-state index in [0.29, 0.717) is 10.7 Å². The second-order valence-electron chi connectivity index (χ2n) is 6.71. The molecule has 2 heterocycles. The smallest absolute Gasteiger partial charge is 0.293 e. The number of Topliss-reactive ketones (excluding diaryl/α,β-unsaturated/α-hetero) is 1. The second kappa shape index (κ2) is 7.63. The number of benzene rings is 2. The van der Waals surface area contributed by atoms with Crippen LogP contribution in [0.1, 0.15) is 21.5 Å². The van der Waals surface area contributed by atoms with Crippen molar-refractivity contribution in [2.75, 3.05) is 5.75 Å². The van der Waals surface area contributed by atoms with Crippen LogP contribution in [0, 0.1) is 19.7 Å². The molecule has 29 heavy (non-hydrogen) atoms. The topological polar surface area (TPSA) is 69.3 Å². The van der Waals surface area contributed by atoms with Crippen LogP contribution in [0.25, 0.3) is 11.3 Å². The summed E-state index contributed by atoms with van der Waals surface area (Å²) >= 11 is 1.18. The lowest BCUT2D eigenvalue weighted by atomic mass is 10.1. The van der Waals surface area contributed by atoms with Gasteiger partial charge in [-0.05, 0) is 61.4 Å². The van der Waals surface area contributed by atoms with E-state index in [1.807, 2.05) is 32.0 Å². The number of halogens is 1. The van der Waals surface area contributed by atoms with E-state index in [1.54, 1.807) is 16.8 Å². The van der Waals surface area contributed by atoms with Gasteiger partial charge in [-0.15, -0.1) is 10.2 Å². The molecule has 4 rings (SSSR count). The average molecular weight is 408 g/mol. The van der Waals surface area contributed by atoms with Gasteiger partial charge in [-0.25, -0.2) is 4.39 Å². The number of thioether (sulfide) groups is 1. The maximum absolute atomic E-state index is 13.0. The fraction of sp³-hybridized carbons (Fsp3) is 0.143. The molecule has 0 amide bonds. The number of fused-ring (bicyclic) bond motifs is 1. The second-order valence-corrected chi connectivity index (χ2v) is 7.66. The molecule has 0 saturated carbocycles. The molecule has 8 heteroatoms. The predicted molar refractivity (Wildman–Crippen MR) is 110 cm³/mol. The van der Waals surface area contributed by atoms with Crippen molar-refractivity contribution in [3.8, 4) is 5.69 Å². The van der Waals surface area contributed by atoms with Gasteiger partial charge in [-0.2, -0.15) is 0 Å². The van der Waals surface area contributed by atoms with Gasteiger partial charge in [0.25, 0.3) is 0 Å². The Bertz CT molecular complexity index is 1260. The van der Waals surface area contributed by atoms with Crippen LogP contribution in [0.3, 0.4) is 0 Å². The molecule has 0 atom stereocenters. The molecule has 0 aliphatic rings. The average Bonchev–Trinajstić information content (AvgIpc) is 3.10. The third-order valence-corrected chi connectivity index (χ3v) is 5.37. The van der Waals surface area contributed by atoms with Crippen molar-refractivity contribution in [1.82, 2.24) is 19.2 Å². The lowest BCUT2D eigenvalue weighted by molar-refractivity contribution is 0.102. The first-order chi connectivity index (χ1) is 13.9. The zero-order valence-corrected chi connectivity index (χ0v) is 16.6. The molecule has 146 valence electrons. The summed E-state index contributed by atoms with van der Waals surface area (Å²) in [4.78, 5) is 25.2. The molecule has 0 saturated heterocycles. The van der Waals surface area contributed by atoms with Gasteiger partial charge in [0, 0.05) is 23.6 Å². The predicted octanol–water partition coefficient (Wildman–Crippen LogP) is 3.61. The Labute approximate surface area is 170 Å². The van der Waals surface area contributed by atoms with Gasteiger partial charge in [-0.3, -0.25) is 18.6 Å². The van der Waals surface area contributed by atoms with Crippen LogP contribution in [0.4, 0.5) is 4.39 Å². The van der Waals surface area contributed by atoms with E-state index < -0.39 is 5.82 Å². The maximum Gasteiger partial charge on any atom is 0.300 e. The summed E-state index contributed by atoms with van der Waals surface area (Å²) in [5.74, 6) is -0.444. The minimum atomic E-state index is -0.391. The van der Waals surface area contributed by atoms with Gasteiger partial charge in [0.2, 0.25) is 5.65 Å². The number of nitrogens with zero attached hydrogens (tertiary/aromatic N) is 4. The molecule has 0 unspecified atom stereocenters. The zero-order chi connectivity index (χ0) is 20.5. The molecule has 0 fully saturated rings. The van der Waals surface area contributed by atoms with E-state index in [9.17, 15) is 14.0 Å². The number of rotatable bonds is 5. The summed E-state index contributed by atoms with van der Waals surface area (Å²) in [7, 11) is 0. The van der Waals surface area contributed by atoms with E-state index >= 15 is 0 Å². The molecular weight excluding hydrogens is 391 g/mol. The first kappa shape index (κ1) is 19.1. The third-order valence-electron chi connectivity index (χ3n) is 4.42. The Kier molecular flexibility index (Phi) is 5.02. The van der Waals surface area contributed by atoms with Gasteiger partial charge in [-0.1, -0.05) is 17.8 Å². The number of ketones is 1. The summed E-state index contributed by atoms with van der Waals surface area (Å²) < 4.78 is 16.1. The summed E-state index contributed by atoms with van der Waals surface area (Å²) in [6.45, 7) is 3.95. The van der Waals surface area contributed by atoms with Gasteiger partial charge >= 0.3 is 5.56 Å². The lowest BCUT2D eigenvalue weighted by Gasteiger charge is -2.08. The highest BCUT2D eigenvalue weighted by Crippen LogP contribution is 2.18. The molecule has 0 aliphatic carbocycles. The van der Waals surface area contributed by atoms with Crippen LogP contribution in [0.15, 0.2) is 64.8 Å². The number of aromatic nitrogens is 4. The number of aryl methyl sites for hydroxylation is 2. The van der Waals surface area contributed by atoms with E-state index in [1.165, 1.54) is 40.6 Å². The van der Waals surface area contributed by atoms with Crippen LogP contribution in [0.2, 0.25) is 0 Å². The van der Waals surface area contributed by atoms with Crippen molar-refractivity contribution < 1.29 is 9.18 Å². The van der Waals surface area contributed by atoms with Crippen molar-refractivity contribution in [2.45, 2.75) is 19.0 Å². The molecule has 2 aromatic carbocycles. The van der Waals surface area contributed by atoms with Gasteiger partial charge in [0.05, 0.1) is 5.75 Å². The van der Waals surface area contributed by atoms with E-state index in [2.05, 4.69) is 10.2 Å². The quantitative estimate of drug-likeness (QED) is 0.373. The molecule has 0 bridgehead atoms. The summed E-state index contributed by atoms with van der Waals surface area (Å²) in [5.41, 5.74) is 3.20. The van der Waals surface area contributed by atoms with Crippen molar-refractivity contribution in [2.24, 2.45) is 0 Å². The number of hydrogen-bond acceptors (Lipinski definition) is 5. The highest BCUT2D eigenvalue weighted by molar-refractivity contribution is 7.99. The molecule has 0 radical (unpaired) electrons. The van der Waals surface area contributed by atoms with Crippen molar-refractivity contribution in [1.29, 1.82) is 0 Å². The van der Waals surface area contributed by atoms with Crippen LogP contribution in [0.5, 0.6) is 0 Å². The van der Waals surface area contributed by atoms with E-state index in [0.717, 1.165) is 16.8 Å².